The van der Waals surface area contributed by atoms with Crippen LogP contribution in [0.5, 0.6) is 0 Å². The zero-order valence-corrected chi connectivity index (χ0v) is 19.4. The van der Waals surface area contributed by atoms with Gasteiger partial charge in [0, 0.05) is 37.6 Å². The minimum absolute atomic E-state index is 0. The van der Waals surface area contributed by atoms with Gasteiger partial charge in [-0.1, -0.05) is 23.8 Å². The maximum Gasteiger partial charge on any atom is 0.191 e. The average Bonchev–Trinajstić information content (AvgIpc) is 2.68. The minimum Gasteiger partial charge on any atom is -0.369 e. The quantitative estimate of drug-likeness (QED) is 0.375. The first-order valence-corrected chi connectivity index (χ1v) is 9.92. The van der Waals surface area contributed by atoms with E-state index in [0.29, 0.717) is 12.6 Å². The Hall–Kier alpha value is -1.83. The van der Waals surface area contributed by atoms with Crippen molar-refractivity contribution >= 4 is 35.6 Å². The first-order chi connectivity index (χ1) is 13.2. The molecular weight excluding hydrogens is 461 g/mol. The number of nitrogens with one attached hydrogen (secondary N) is 2. The van der Waals surface area contributed by atoms with E-state index in [2.05, 4.69) is 71.6 Å². The van der Waals surface area contributed by atoms with Gasteiger partial charge in [0.25, 0.3) is 0 Å². The highest BCUT2D eigenvalue weighted by molar-refractivity contribution is 14.0. The van der Waals surface area contributed by atoms with Crippen LogP contribution in [-0.4, -0.2) is 36.6 Å². The standard InChI is InChI=1S/C22H31N5.HI/c1-4-23-22(25-15-21-18(3)7-5-13-24-21)26-19-8-6-14-27(16-19)20-11-9-17(2)10-12-20;/h5,7,9-13,19H,4,6,8,14-16H2,1-3H3,(H2,23,25,26);1H. The summed E-state index contributed by atoms with van der Waals surface area (Å²) in [6, 6.07) is 13.3. The lowest BCUT2D eigenvalue weighted by atomic mass is 10.0. The number of aromatic nitrogens is 1. The average molecular weight is 493 g/mol. The van der Waals surface area contributed by atoms with Gasteiger partial charge in [-0.25, -0.2) is 4.99 Å². The van der Waals surface area contributed by atoms with Crippen LogP contribution < -0.4 is 15.5 Å². The van der Waals surface area contributed by atoms with Crippen molar-refractivity contribution in [2.24, 2.45) is 4.99 Å². The first-order valence-electron chi connectivity index (χ1n) is 9.92. The molecular formula is C22H32IN5. The third kappa shape index (κ3) is 6.36. The van der Waals surface area contributed by atoms with Gasteiger partial charge >= 0.3 is 0 Å². The van der Waals surface area contributed by atoms with E-state index in [9.17, 15) is 0 Å². The van der Waals surface area contributed by atoms with E-state index in [4.69, 9.17) is 4.99 Å². The molecule has 1 aliphatic heterocycles. The van der Waals surface area contributed by atoms with Crippen LogP contribution in [0.25, 0.3) is 0 Å². The van der Waals surface area contributed by atoms with Gasteiger partial charge in [0.2, 0.25) is 0 Å². The first kappa shape index (κ1) is 22.5. The second kappa shape index (κ2) is 11.2. The molecule has 1 aliphatic rings. The molecule has 6 heteroatoms. The molecule has 152 valence electrons. The summed E-state index contributed by atoms with van der Waals surface area (Å²) in [5.74, 6) is 0.873. The summed E-state index contributed by atoms with van der Waals surface area (Å²) < 4.78 is 0. The maximum absolute atomic E-state index is 4.76. The zero-order chi connectivity index (χ0) is 19.1. The lowest BCUT2D eigenvalue weighted by Gasteiger charge is -2.35. The Labute approximate surface area is 186 Å². The van der Waals surface area contributed by atoms with E-state index in [-0.39, 0.29) is 24.0 Å². The molecule has 0 bridgehead atoms. The van der Waals surface area contributed by atoms with Gasteiger partial charge in [0.15, 0.2) is 5.96 Å². The number of aryl methyl sites for hydroxylation is 2. The molecule has 1 aromatic carbocycles. The fourth-order valence-corrected chi connectivity index (χ4v) is 3.44. The second-order valence-corrected chi connectivity index (χ2v) is 7.23. The van der Waals surface area contributed by atoms with Crippen LogP contribution in [0.15, 0.2) is 47.6 Å². The summed E-state index contributed by atoms with van der Waals surface area (Å²) in [4.78, 5) is 11.7. The summed E-state index contributed by atoms with van der Waals surface area (Å²) in [5.41, 5.74) is 4.81. The van der Waals surface area contributed by atoms with Gasteiger partial charge in [-0.15, -0.1) is 24.0 Å². The van der Waals surface area contributed by atoms with E-state index in [1.54, 1.807) is 0 Å². The Balaban J connectivity index is 0.00000280. The lowest BCUT2D eigenvalue weighted by molar-refractivity contribution is 0.468. The molecule has 1 fully saturated rings. The van der Waals surface area contributed by atoms with Crippen LogP contribution in [0.2, 0.25) is 0 Å². The Bertz CT molecular complexity index is 760. The predicted molar refractivity (Wildman–Crippen MR) is 129 cm³/mol. The number of hydrogen-bond donors (Lipinski definition) is 2. The van der Waals surface area contributed by atoms with E-state index >= 15 is 0 Å². The predicted octanol–water partition coefficient (Wildman–Crippen LogP) is 4.04. The molecule has 1 unspecified atom stereocenters. The van der Waals surface area contributed by atoms with Crippen LogP contribution in [-0.2, 0) is 6.54 Å². The van der Waals surface area contributed by atoms with Crippen molar-refractivity contribution in [1.82, 2.24) is 15.6 Å². The van der Waals surface area contributed by atoms with E-state index in [0.717, 1.165) is 37.7 Å². The Morgan fingerprint density at radius 2 is 2.00 bits per heavy atom. The van der Waals surface area contributed by atoms with Gasteiger partial charge in [-0.05, 0) is 57.4 Å². The lowest BCUT2D eigenvalue weighted by Crippen LogP contribution is -2.51. The van der Waals surface area contributed by atoms with Crippen LogP contribution in [0.3, 0.4) is 0 Å². The molecule has 1 aromatic heterocycles. The third-order valence-corrected chi connectivity index (χ3v) is 5.01. The van der Waals surface area contributed by atoms with Crippen molar-refractivity contribution in [3.8, 4) is 0 Å². The summed E-state index contributed by atoms with van der Waals surface area (Å²) >= 11 is 0. The molecule has 1 saturated heterocycles. The molecule has 5 nitrogen and oxygen atoms in total. The van der Waals surface area contributed by atoms with Crippen LogP contribution in [0.4, 0.5) is 5.69 Å². The molecule has 2 heterocycles. The Morgan fingerprint density at radius 3 is 2.71 bits per heavy atom. The largest absolute Gasteiger partial charge is 0.369 e. The molecule has 0 radical (unpaired) electrons. The topological polar surface area (TPSA) is 52.6 Å². The van der Waals surface area contributed by atoms with E-state index in [1.165, 1.54) is 23.2 Å². The maximum atomic E-state index is 4.76. The highest BCUT2D eigenvalue weighted by Gasteiger charge is 2.21. The number of nitrogens with zero attached hydrogens (tertiary/aromatic N) is 3. The highest BCUT2D eigenvalue weighted by atomic mass is 127. The number of piperidine rings is 1. The van der Waals surface area contributed by atoms with Crippen molar-refractivity contribution in [1.29, 1.82) is 0 Å². The molecule has 0 amide bonds. The van der Waals surface area contributed by atoms with Crippen molar-refractivity contribution in [3.63, 3.8) is 0 Å². The summed E-state index contributed by atoms with van der Waals surface area (Å²) in [6.07, 6.45) is 4.18. The normalized spacial score (nSPS) is 17.0. The molecule has 0 saturated carbocycles. The van der Waals surface area contributed by atoms with E-state index < -0.39 is 0 Å². The van der Waals surface area contributed by atoms with Crippen LogP contribution >= 0.6 is 24.0 Å². The SMILES string of the molecule is CCNC(=NCc1ncccc1C)NC1CCCN(c2ccc(C)cc2)C1.I. The number of pyridine rings is 1. The summed E-state index contributed by atoms with van der Waals surface area (Å²) in [7, 11) is 0. The summed E-state index contributed by atoms with van der Waals surface area (Å²) in [6.45, 7) is 9.87. The fourth-order valence-electron chi connectivity index (χ4n) is 3.44. The molecule has 3 rings (SSSR count). The van der Waals surface area contributed by atoms with Crippen molar-refractivity contribution in [2.75, 3.05) is 24.5 Å². The fraction of sp³-hybridized carbons (Fsp3) is 0.455. The molecule has 0 aliphatic carbocycles. The molecule has 0 spiro atoms. The van der Waals surface area contributed by atoms with Crippen molar-refractivity contribution in [2.45, 2.75) is 46.2 Å². The van der Waals surface area contributed by atoms with E-state index in [1.807, 2.05) is 12.3 Å². The van der Waals surface area contributed by atoms with Gasteiger partial charge in [-0.2, -0.15) is 0 Å². The zero-order valence-electron chi connectivity index (χ0n) is 17.1. The monoisotopic (exact) mass is 493 g/mol. The van der Waals surface area contributed by atoms with Crippen molar-refractivity contribution < 1.29 is 0 Å². The third-order valence-electron chi connectivity index (χ3n) is 5.01. The smallest absolute Gasteiger partial charge is 0.191 e. The number of hydrogen-bond acceptors (Lipinski definition) is 3. The molecule has 2 N–H and O–H groups in total. The Kier molecular flexibility index (Phi) is 9.02. The number of rotatable bonds is 5. The Morgan fingerprint density at radius 1 is 1.21 bits per heavy atom. The van der Waals surface area contributed by atoms with Crippen LogP contribution in [0.1, 0.15) is 36.6 Å². The molecule has 2 aromatic rings. The van der Waals surface area contributed by atoms with Crippen LogP contribution in [0, 0.1) is 13.8 Å². The van der Waals surface area contributed by atoms with Crippen molar-refractivity contribution in [3.05, 3.63) is 59.4 Å². The number of benzene rings is 1. The number of aliphatic imine (C=N–C) groups is 1. The summed E-state index contributed by atoms with van der Waals surface area (Å²) in [5, 5.41) is 7.00. The van der Waals surface area contributed by atoms with Gasteiger partial charge in [-0.3, -0.25) is 4.98 Å². The number of anilines is 1. The molecule has 1 atom stereocenters. The number of halogens is 1. The minimum atomic E-state index is 0. The van der Waals surface area contributed by atoms with Gasteiger partial charge in [0.05, 0.1) is 12.2 Å². The highest BCUT2D eigenvalue weighted by Crippen LogP contribution is 2.20. The van der Waals surface area contributed by atoms with Gasteiger partial charge in [0.1, 0.15) is 0 Å². The van der Waals surface area contributed by atoms with Gasteiger partial charge < -0.3 is 15.5 Å². The molecule has 28 heavy (non-hydrogen) atoms. The second-order valence-electron chi connectivity index (χ2n) is 7.23. The number of guanidine groups is 1.